The number of carbonyl (C=O) groups is 1. The maximum Gasteiger partial charge on any atom is 0.136 e. The van der Waals surface area contributed by atoms with Crippen molar-refractivity contribution in [1.29, 1.82) is 0 Å². The Morgan fingerprint density at radius 3 is 2.94 bits per heavy atom. The van der Waals surface area contributed by atoms with Crippen molar-refractivity contribution in [3.8, 4) is 0 Å². The van der Waals surface area contributed by atoms with Gasteiger partial charge in [-0.3, -0.25) is 0 Å². The zero-order chi connectivity index (χ0) is 11.8. The van der Waals surface area contributed by atoms with Gasteiger partial charge in [0.25, 0.3) is 0 Å². The zero-order valence-corrected chi connectivity index (χ0v) is 9.79. The molecule has 3 N–H and O–H groups in total. The Kier molecular flexibility index (Phi) is 2.72. The lowest BCUT2D eigenvalue weighted by Crippen LogP contribution is -2.26. The predicted molar refractivity (Wildman–Crippen MR) is 65.4 cm³/mol. The number of benzene rings is 1. The van der Waals surface area contributed by atoms with E-state index in [0.717, 1.165) is 24.9 Å². The first kappa shape index (κ1) is 11.1. The molecule has 1 aliphatic rings. The minimum absolute atomic E-state index is 0.0189. The van der Waals surface area contributed by atoms with Crippen LogP contribution < -0.4 is 11.1 Å². The van der Waals surface area contributed by atoms with E-state index in [2.05, 4.69) is 19.2 Å². The average Bonchev–Trinajstić information content (AvgIpc) is 2.65. The molecule has 1 aromatic carbocycles. The number of anilines is 1. The Morgan fingerprint density at radius 1 is 1.56 bits per heavy atom. The molecule has 0 bridgehead atoms. The van der Waals surface area contributed by atoms with Gasteiger partial charge >= 0.3 is 0 Å². The van der Waals surface area contributed by atoms with E-state index in [-0.39, 0.29) is 11.5 Å². The topological polar surface area (TPSA) is 55.1 Å². The number of nitrogen functional groups attached to an aromatic ring is 1. The fourth-order valence-electron chi connectivity index (χ4n) is 2.58. The predicted octanol–water partition coefficient (Wildman–Crippen LogP) is 1.40. The van der Waals surface area contributed by atoms with Gasteiger partial charge in [0.15, 0.2) is 0 Å². The number of hydrogen-bond donors (Lipinski definition) is 2. The number of aldehydes is 1. The SMILES string of the molecule is Cc1ccc(N)cc1C1(C)CNC(C=O)C1. The number of carbonyl (C=O) groups excluding carboxylic acids is 1. The summed E-state index contributed by atoms with van der Waals surface area (Å²) >= 11 is 0. The quantitative estimate of drug-likeness (QED) is 0.582. The fourth-order valence-corrected chi connectivity index (χ4v) is 2.58. The maximum atomic E-state index is 10.8. The maximum absolute atomic E-state index is 10.8. The van der Waals surface area contributed by atoms with E-state index in [1.165, 1.54) is 11.1 Å². The van der Waals surface area contributed by atoms with Gasteiger partial charge in [0, 0.05) is 17.6 Å². The van der Waals surface area contributed by atoms with Crippen LogP contribution in [0.1, 0.15) is 24.5 Å². The van der Waals surface area contributed by atoms with Crippen molar-refractivity contribution in [2.24, 2.45) is 0 Å². The summed E-state index contributed by atoms with van der Waals surface area (Å²) in [5.74, 6) is 0. The smallest absolute Gasteiger partial charge is 0.136 e. The van der Waals surface area contributed by atoms with Gasteiger partial charge in [0.05, 0.1) is 6.04 Å². The van der Waals surface area contributed by atoms with E-state index in [1.807, 2.05) is 18.2 Å². The number of nitrogens with two attached hydrogens (primary N) is 1. The van der Waals surface area contributed by atoms with Crippen LogP contribution in [-0.4, -0.2) is 18.9 Å². The van der Waals surface area contributed by atoms with E-state index in [4.69, 9.17) is 5.73 Å². The van der Waals surface area contributed by atoms with E-state index in [0.29, 0.717) is 0 Å². The molecule has 0 radical (unpaired) electrons. The molecule has 0 aromatic heterocycles. The summed E-state index contributed by atoms with van der Waals surface area (Å²) in [5.41, 5.74) is 9.13. The van der Waals surface area contributed by atoms with Crippen LogP contribution in [0, 0.1) is 6.92 Å². The molecular weight excluding hydrogens is 200 g/mol. The third kappa shape index (κ3) is 1.83. The summed E-state index contributed by atoms with van der Waals surface area (Å²) in [6.45, 7) is 5.11. The summed E-state index contributed by atoms with van der Waals surface area (Å²) in [6, 6.07) is 5.97. The van der Waals surface area contributed by atoms with Crippen molar-refractivity contribution in [3.63, 3.8) is 0 Å². The van der Waals surface area contributed by atoms with Gasteiger partial charge in [-0.25, -0.2) is 0 Å². The Morgan fingerprint density at radius 2 is 2.31 bits per heavy atom. The zero-order valence-electron chi connectivity index (χ0n) is 9.79. The molecule has 1 saturated heterocycles. The fraction of sp³-hybridized carbons (Fsp3) is 0.462. The third-order valence-corrected chi connectivity index (χ3v) is 3.50. The molecule has 16 heavy (non-hydrogen) atoms. The van der Waals surface area contributed by atoms with E-state index in [9.17, 15) is 4.79 Å². The molecular formula is C13H18N2O. The summed E-state index contributed by atoms with van der Waals surface area (Å²) in [6.07, 6.45) is 1.84. The molecule has 1 fully saturated rings. The van der Waals surface area contributed by atoms with Gasteiger partial charge in [-0.2, -0.15) is 0 Å². The monoisotopic (exact) mass is 218 g/mol. The third-order valence-electron chi connectivity index (χ3n) is 3.50. The number of aryl methyl sites for hydroxylation is 1. The molecule has 3 heteroatoms. The molecule has 0 spiro atoms. The Balaban J connectivity index is 2.36. The second-order valence-electron chi connectivity index (χ2n) is 4.96. The molecule has 0 amide bonds. The van der Waals surface area contributed by atoms with Crippen molar-refractivity contribution in [2.75, 3.05) is 12.3 Å². The highest BCUT2D eigenvalue weighted by Gasteiger charge is 2.36. The van der Waals surface area contributed by atoms with Crippen LogP contribution in [0.2, 0.25) is 0 Å². The van der Waals surface area contributed by atoms with Gasteiger partial charge in [-0.15, -0.1) is 0 Å². The lowest BCUT2D eigenvalue weighted by molar-refractivity contribution is -0.109. The van der Waals surface area contributed by atoms with Crippen LogP contribution in [0.5, 0.6) is 0 Å². The number of hydrogen-bond acceptors (Lipinski definition) is 3. The minimum atomic E-state index is -0.0224. The summed E-state index contributed by atoms with van der Waals surface area (Å²) in [5, 5.41) is 3.23. The lowest BCUT2D eigenvalue weighted by atomic mass is 9.78. The van der Waals surface area contributed by atoms with Crippen LogP contribution in [0.25, 0.3) is 0 Å². The Hall–Kier alpha value is -1.35. The molecule has 86 valence electrons. The van der Waals surface area contributed by atoms with Gasteiger partial charge in [-0.05, 0) is 36.6 Å². The molecule has 1 aliphatic heterocycles. The molecule has 3 nitrogen and oxygen atoms in total. The molecule has 2 rings (SSSR count). The van der Waals surface area contributed by atoms with E-state index >= 15 is 0 Å². The van der Waals surface area contributed by atoms with Crippen molar-refractivity contribution >= 4 is 12.0 Å². The van der Waals surface area contributed by atoms with Crippen molar-refractivity contribution < 1.29 is 4.79 Å². The Bertz CT molecular complexity index is 416. The molecule has 1 aromatic rings. The molecule has 1 heterocycles. The summed E-state index contributed by atoms with van der Waals surface area (Å²) < 4.78 is 0. The first-order valence-electron chi connectivity index (χ1n) is 5.60. The molecule has 2 unspecified atom stereocenters. The summed E-state index contributed by atoms with van der Waals surface area (Å²) in [4.78, 5) is 10.8. The Labute approximate surface area is 96.0 Å². The van der Waals surface area contributed by atoms with Gasteiger partial charge < -0.3 is 15.8 Å². The van der Waals surface area contributed by atoms with Crippen LogP contribution in [0.3, 0.4) is 0 Å². The van der Waals surface area contributed by atoms with Crippen LogP contribution in [-0.2, 0) is 10.2 Å². The molecule has 0 saturated carbocycles. The normalized spacial score (nSPS) is 29.2. The minimum Gasteiger partial charge on any atom is -0.399 e. The van der Waals surface area contributed by atoms with Gasteiger partial charge in [0.2, 0.25) is 0 Å². The van der Waals surface area contributed by atoms with Crippen LogP contribution >= 0.6 is 0 Å². The van der Waals surface area contributed by atoms with Crippen LogP contribution in [0.4, 0.5) is 5.69 Å². The van der Waals surface area contributed by atoms with Crippen molar-refractivity contribution in [3.05, 3.63) is 29.3 Å². The highest BCUT2D eigenvalue weighted by atomic mass is 16.1. The second kappa shape index (κ2) is 3.91. The first-order valence-corrected chi connectivity index (χ1v) is 5.60. The standard InChI is InChI=1S/C13H18N2O/c1-9-3-4-10(14)5-12(9)13(2)6-11(7-16)15-8-13/h3-5,7,11,15H,6,8,14H2,1-2H3. The highest BCUT2D eigenvalue weighted by molar-refractivity contribution is 5.60. The molecule has 0 aliphatic carbocycles. The second-order valence-corrected chi connectivity index (χ2v) is 4.96. The summed E-state index contributed by atoms with van der Waals surface area (Å²) in [7, 11) is 0. The van der Waals surface area contributed by atoms with Crippen LogP contribution in [0.15, 0.2) is 18.2 Å². The molecule has 2 atom stereocenters. The van der Waals surface area contributed by atoms with Gasteiger partial charge in [0.1, 0.15) is 6.29 Å². The largest absolute Gasteiger partial charge is 0.399 e. The van der Waals surface area contributed by atoms with E-state index in [1.54, 1.807) is 0 Å². The highest BCUT2D eigenvalue weighted by Crippen LogP contribution is 2.35. The van der Waals surface area contributed by atoms with Crippen molar-refractivity contribution in [2.45, 2.75) is 31.7 Å². The number of nitrogens with one attached hydrogen (secondary N) is 1. The number of rotatable bonds is 2. The van der Waals surface area contributed by atoms with E-state index < -0.39 is 0 Å². The van der Waals surface area contributed by atoms with Crippen molar-refractivity contribution in [1.82, 2.24) is 5.32 Å². The average molecular weight is 218 g/mol. The lowest BCUT2D eigenvalue weighted by Gasteiger charge is -2.26. The first-order chi connectivity index (χ1) is 7.55. The van der Waals surface area contributed by atoms with Gasteiger partial charge in [-0.1, -0.05) is 13.0 Å².